The monoisotopic (exact) mass is 326 g/mol. The lowest BCUT2D eigenvalue weighted by Crippen LogP contribution is -2.59. The molecule has 0 amide bonds. The molecular formula is C11H7F9O. The molecule has 1 aromatic carbocycles. The highest BCUT2D eigenvalue weighted by atomic mass is 19.4. The van der Waals surface area contributed by atoms with Crippen LogP contribution < -0.4 is 0 Å². The summed E-state index contributed by atoms with van der Waals surface area (Å²) in [5.41, 5.74) is -2.11. The predicted octanol–water partition coefficient (Wildman–Crippen LogP) is 4.10. The Morgan fingerprint density at radius 1 is 0.810 bits per heavy atom. The first-order valence-electron chi connectivity index (χ1n) is 5.19. The van der Waals surface area contributed by atoms with Crippen molar-refractivity contribution in [3.63, 3.8) is 0 Å². The van der Waals surface area contributed by atoms with Crippen LogP contribution in [-0.2, 0) is 12.5 Å². The van der Waals surface area contributed by atoms with Crippen LogP contribution in [-0.4, -0.2) is 23.1 Å². The topological polar surface area (TPSA) is 20.2 Å². The van der Waals surface area contributed by atoms with Gasteiger partial charge in [0.1, 0.15) is 0 Å². The van der Waals surface area contributed by atoms with E-state index in [1.165, 1.54) is 0 Å². The first-order valence-corrected chi connectivity index (χ1v) is 5.19. The zero-order chi connectivity index (χ0) is 16.7. The van der Waals surface area contributed by atoms with Gasteiger partial charge in [0, 0.05) is 5.56 Å². The van der Waals surface area contributed by atoms with Gasteiger partial charge in [-0.15, -0.1) is 0 Å². The van der Waals surface area contributed by atoms with E-state index in [1.54, 1.807) is 0 Å². The number of benzene rings is 1. The second-order valence-corrected chi connectivity index (χ2v) is 4.08. The normalized spacial score (nSPS) is 14.4. The third-order valence-corrected chi connectivity index (χ3v) is 2.62. The molecule has 0 saturated heterocycles. The lowest BCUT2D eigenvalue weighted by molar-refractivity contribution is -0.399. The zero-order valence-corrected chi connectivity index (χ0v) is 9.87. The Kier molecular flexibility index (Phi) is 4.25. The molecular weight excluding hydrogens is 319 g/mol. The summed E-state index contributed by atoms with van der Waals surface area (Å²) in [7, 11) is 0. The molecule has 0 aliphatic rings. The predicted molar refractivity (Wildman–Crippen MR) is 52.2 cm³/mol. The van der Waals surface area contributed by atoms with Crippen molar-refractivity contribution < 1.29 is 44.6 Å². The fraction of sp³-hybridized carbons (Fsp3) is 0.455. The van der Waals surface area contributed by atoms with Crippen molar-refractivity contribution in [2.75, 3.05) is 0 Å². The maximum atomic E-state index is 13.5. The van der Waals surface area contributed by atoms with Crippen molar-refractivity contribution in [2.45, 2.75) is 30.6 Å². The molecule has 21 heavy (non-hydrogen) atoms. The maximum Gasteiger partial charge on any atom is 0.460 e. The summed E-state index contributed by atoms with van der Waals surface area (Å²) in [5.74, 6) is -19.4. The zero-order valence-electron chi connectivity index (χ0n) is 9.87. The van der Waals surface area contributed by atoms with Crippen LogP contribution >= 0.6 is 0 Å². The van der Waals surface area contributed by atoms with E-state index in [0.29, 0.717) is 0 Å². The highest BCUT2D eigenvalue weighted by Gasteiger charge is 2.81. The molecule has 0 heterocycles. The second-order valence-electron chi connectivity index (χ2n) is 4.08. The van der Waals surface area contributed by atoms with Crippen molar-refractivity contribution in [3.05, 3.63) is 35.4 Å². The standard InChI is InChI=1S/C11H7F9O/c12-8(13,7-3-1-2-6(4-7)5-21)9(14,15)10(16,17)11(18,19)20/h1-4,21H,5H2. The van der Waals surface area contributed by atoms with E-state index >= 15 is 0 Å². The molecule has 0 saturated carbocycles. The molecule has 0 aromatic heterocycles. The number of aliphatic hydroxyl groups excluding tert-OH is 1. The number of alkyl halides is 9. The maximum absolute atomic E-state index is 13.5. The van der Waals surface area contributed by atoms with Gasteiger partial charge in [-0.25, -0.2) is 0 Å². The van der Waals surface area contributed by atoms with E-state index in [0.717, 1.165) is 12.1 Å². The van der Waals surface area contributed by atoms with Gasteiger partial charge < -0.3 is 5.11 Å². The molecule has 0 aliphatic heterocycles. The van der Waals surface area contributed by atoms with E-state index < -0.39 is 36.1 Å². The number of halogens is 9. The number of hydrogen-bond acceptors (Lipinski definition) is 1. The number of rotatable bonds is 4. The molecule has 1 rings (SSSR count). The average molecular weight is 326 g/mol. The summed E-state index contributed by atoms with van der Waals surface area (Å²) < 4.78 is 114. The van der Waals surface area contributed by atoms with Gasteiger partial charge >= 0.3 is 23.9 Å². The molecule has 1 N–H and O–H groups in total. The van der Waals surface area contributed by atoms with Crippen LogP contribution in [0.15, 0.2) is 24.3 Å². The summed E-state index contributed by atoms with van der Waals surface area (Å²) in [6.45, 7) is -0.884. The molecule has 0 spiro atoms. The van der Waals surface area contributed by atoms with Gasteiger partial charge in [-0.1, -0.05) is 18.2 Å². The van der Waals surface area contributed by atoms with Crippen LogP contribution in [0.2, 0.25) is 0 Å². The molecule has 1 aromatic rings. The Hall–Kier alpha value is -1.45. The van der Waals surface area contributed by atoms with Crippen LogP contribution in [0.3, 0.4) is 0 Å². The summed E-state index contributed by atoms with van der Waals surface area (Å²) in [6, 6.07) is 2.20. The third-order valence-electron chi connectivity index (χ3n) is 2.62. The van der Waals surface area contributed by atoms with Crippen molar-refractivity contribution in [1.82, 2.24) is 0 Å². The van der Waals surface area contributed by atoms with Gasteiger partial charge in [-0.3, -0.25) is 0 Å². The summed E-state index contributed by atoms with van der Waals surface area (Å²) in [5, 5.41) is 8.66. The van der Waals surface area contributed by atoms with Gasteiger partial charge in [-0.2, -0.15) is 39.5 Å². The first-order chi connectivity index (χ1) is 9.29. The van der Waals surface area contributed by atoms with Crippen molar-refractivity contribution in [1.29, 1.82) is 0 Å². The van der Waals surface area contributed by atoms with Crippen LogP contribution in [0, 0.1) is 0 Å². The SMILES string of the molecule is OCc1cccc(C(F)(F)C(F)(F)C(F)(F)C(F)(F)F)c1. The summed E-state index contributed by atoms with van der Waals surface area (Å²) >= 11 is 0. The van der Waals surface area contributed by atoms with E-state index in [-0.39, 0.29) is 17.7 Å². The summed E-state index contributed by atoms with van der Waals surface area (Å²) in [6.07, 6.45) is -6.85. The molecule has 0 bridgehead atoms. The molecule has 1 nitrogen and oxygen atoms in total. The van der Waals surface area contributed by atoms with Gasteiger partial charge in [0.25, 0.3) is 0 Å². The minimum absolute atomic E-state index is 0.223. The van der Waals surface area contributed by atoms with Crippen molar-refractivity contribution in [3.8, 4) is 0 Å². The van der Waals surface area contributed by atoms with Crippen LogP contribution in [0.5, 0.6) is 0 Å². The van der Waals surface area contributed by atoms with Crippen LogP contribution in [0.1, 0.15) is 11.1 Å². The fourth-order valence-corrected chi connectivity index (χ4v) is 1.42. The molecule has 0 atom stereocenters. The summed E-state index contributed by atoms with van der Waals surface area (Å²) in [4.78, 5) is 0. The Bertz CT molecular complexity index is 507. The Labute approximate surface area is 112 Å². The fourth-order valence-electron chi connectivity index (χ4n) is 1.42. The van der Waals surface area contributed by atoms with E-state index in [1.807, 2.05) is 0 Å². The third kappa shape index (κ3) is 2.68. The minimum Gasteiger partial charge on any atom is -0.392 e. The lowest BCUT2D eigenvalue weighted by Gasteiger charge is -2.33. The minimum atomic E-state index is -6.93. The molecule has 120 valence electrons. The van der Waals surface area contributed by atoms with Crippen molar-refractivity contribution >= 4 is 0 Å². The van der Waals surface area contributed by atoms with Gasteiger partial charge in [0.05, 0.1) is 6.61 Å². The second kappa shape index (κ2) is 5.08. The molecule has 0 radical (unpaired) electrons. The van der Waals surface area contributed by atoms with Crippen LogP contribution in [0.25, 0.3) is 0 Å². The highest BCUT2D eigenvalue weighted by molar-refractivity contribution is 5.29. The first kappa shape index (κ1) is 17.6. The van der Waals surface area contributed by atoms with E-state index in [4.69, 9.17) is 5.11 Å². The Morgan fingerprint density at radius 3 is 1.76 bits per heavy atom. The number of aliphatic hydroxyl groups is 1. The average Bonchev–Trinajstić information content (AvgIpc) is 2.37. The largest absolute Gasteiger partial charge is 0.460 e. The van der Waals surface area contributed by atoms with Crippen LogP contribution in [0.4, 0.5) is 39.5 Å². The van der Waals surface area contributed by atoms with Gasteiger partial charge in [0.2, 0.25) is 0 Å². The highest BCUT2D eigenvalue weighted by Crippen LogP contribution is 2.56. The number of hydrogen-bond donors (Lipinski definition) is 1. The van der Waals surface area contributed by atoms with Crippen molar-refractivity contribution in [2.24, 2.45) is 0 Å². The quantitative estimate of drug-likeness (QED) is 0.826. The molecule has 0 aliphatic carbocycles. The Balaban J connectivity index is 3.39. The molecule has 0 fully saturated rings. The van der Waals surface area contributed by atoms with Gasteiger partial charge in [-0.05, 0) is 11.6 Å². The van der Waals surface area contributed by atoms with E-state index in [9.17, 15) is 39.5 Å². The molecule has 0 unspecified atom stereocenters. The lowest BCUT2D eigenvalue weighted by atomic mass is 9.95. The van der Waals surface area contributed by atoms with E-state index in [2.05, 4.69) is 0 Å². The Morgan fingerprint density at radius 2 is 1.33 bits per heavy atom. The van der Waals surface area contributed by atoms with Gasteiger partial charge in [0.15, 0.2) is 0 Å². The smallest absolute Gasteiger partial charge is 0.392 e. The molecule has 10 heteroatoms.